The van der Waals surface area contributed by atoms with Gasteiger partial charge in [-0.25, -0.2) is 9.97 Å². The molecule has 0 aromatic carbocycles. The quantitative estimate of drug-likeness (QED) is 0.723. The fourth-order valence-corrected chi connectivity index (χ4v) is 2.09. The maximum absolute atomic E-state index is 12.8. The number of halogens is 3. The Morgan fingerprint density at radius 2 is 2.08 bits per heavy atom. The van der Waals surface area contributed by atoms with Gasteiger partial charge in [0.25, 0.3) is 0 Å². The van der Waals surface area contributed by atoms with Gasteiger partial charge in [0, 0.05) is 44.6 Å². The number of nitrogens with one attached hydrogen (secondary N) is 2. The van der Waals surface area contributed by atoms with Gasteiger partial charge in [0.1, 0.15) is 5.82 Å². The van der Waals surface area contributed by atoms with E-state index in [9.17, 15) is 18.0 Å². The number of aromatic nitrogens is 3. The number of hydrogen-bond acceptors (Lipinski definition) is 4. The molecule has 0 spiro atoms. The summed E-state index contributed by atoms with van der Waals surface area (Å²) >= 11 is 0. The van der Waals surface area contributed by atoms with Crippen molar-refractivity contribution in [1.29, 1.82) is 0 Å². The second kappa shape index (κ2) is 8.32. The van der Waals surface area contributed by atoms with Gasteiger partial charge < -0.3 is 15.2 Å². The number of carbonyl (C=O) groups excluding carboxylic acids is 1. The second-order valence-corrected chi connectivity index (χ2v) is 5.08. The molecule has 2 rings (SSSR count). The summed E-state index contributed by atoms with van der Waals surface area (Å²) in [6.45, 7) is 1.07. The molecule has 0 atom stereocenters. The van der Waals surface area contributed by atoms with E-state index >= 15 is 0 Å². The van der Waals surface area contributed by atoms with Crippen LogP contribution in [0.5, 0.6) is 0 Å². The number of rotatable bonds is 8. The van der Waals surface area contributed by atoms with Crippen LogP contribution in [-0.2, 0) is 17.5 Å². The van der Waals surface area contributed by atoms with Gasteiger partial charge in [-0.3, -0.25) is 4.79 Å². The third-order valence-corrected chi connectivity index (χ3v) is 3.23. The van der Waals surface area contributed by atoms with Gasteiger partial charge in [0.05, 0.1) is 11.9 Å². The molecule has 2 N–H and O–H groups in total. The van der Waals surface area contributed by atoms with E-state index in [2.05, 4.69) is 20.6 Å². The SMILES string of the molecule is O=C(CCCn1ccnc1)NCCNc1ncccc1C(F)(F)F. The normalized spacial score (nSPS) is 11.3. The summed E-state index contributed by atoms with van der Waals surface area (Å²) in [6, 6.07) is 2.19. The molecule has 0 aliphatic rings. The highest BCUT2D eigenvalue weighted by atomic mass is 19.4. The predicted octanol–water partition coefficient (Wildman–Crippen LogP) is 2.31. The molecule has 0 fully saturated rings. The second-order valence-electron chi connectivity index (χ2n) is 5.08. The van der Waals surface area contributed by atoms with Crippen LogP contribution in [-0.4, -0.2) is 33.5 Å². The number of amides is 1. The first-order valence-corrected chi connectivity index (χ1v) is 7.45. The highest BCUT2D eigenvalue weighted by Crippen LogP contribution is 2.33. The van der Waals surface area contributed by atoms with Crippen molar-refractivity contribution in [2.75, 3.05) is 18.4 Å². The number of aryl methyl sites for hydroxylation is 1. The van der Waals surface area contributed by atoms with Crippen molar-refractivity contribution in [3.05, 3.63) is 42.6 Å². The first kappa shape index (κ1) is 17.8. The lowest BCUT2D eigenvalue weighted by Crippen LogP contribution is -2.29. The smallest absolute Gasteiger partial charge is 0.368 e. The first-order chi connectivity index (χ1) is 11.5. The van der Waals surface area contributed by atoms with Crippen LogP contribution in [0.25, 0.3) is 0 Å². The Morgan fingerprint density at radius 1 is 1.25 bits per heavy atom. The topological polar surface area (TPSA) is 71.8 Å². The molecule has 2 aromatic heterocycles. The molecule has 1 amide bonds. The molecule has 0 saturated heterocycles. The van der Waals surface area contributed by atoms with Gasteiger partial charge in [0.2, 0.25) is 5.91 Å². The van der Waals surface area contributed by atoms with Gasteiger partial charge >= 0.3 is 6.18 Å². The largest absolute Gasteiger partial charge is 0.419 e. The number of nitrogens with zero attached hydrogens (tertiary/aromatic N) is 3. The van der Waals surface area contributed by atoms with Crippen LogP contribution in [0.15, 0.2) is 37.1 Å². The molecule has 0 aliphatic heterocycles. The molecule has 0 aliphatic carbocycles. The molecule has 2 aromatic rings. The van der Waals surface area contributed by atoms with Crippen LogP contribution in [0, 0.1) is 0 Å². The Labute approximate surface area is 137 Å². The Hall–Kier alpha value is -2.58. The van der Waals surface area contributed by atoms with E-state index in [-0.39, 0.29) is 24.8 Å². The van der Waals surface area contributed by atoms with Crippen LogP contribution in [0.3, 0.4) is 0 Å². The van der Waals surface area contributed by atoms with Crippen molar-refractivity contribution in [1.82, 2.24) is 19.9 Å². The van der Waals surface area contributed by atoms with E-state index in [4.69, 9.17) is 0 Å². The minimum absolute atomic E-state index is 0.144. The Morgan fingerprint density at radius 3 is 2.79 bits per heavy atom. The molecular weight excluding hydrogens is 323 g/mol. The van der Waals surface area contributed by atoms with E-state index in [0.29, 0.717) is 19.4 Å². The van der Waals surface area contributed by atoms with Crippen LogP contribution in [0.2, 0.25) is 0 Å². The van der Waals surface area contributed by atoms with Crippen molar-refractivity contribution < 1.29 is 18.0 Å². The number of alkyl halides is 3. The first-order valence-electron chi connectivity index (χ1n) is 7.45. The van der Waals surface area contributed by atoms with Gasteiger partial charge in [-0.15, -0.1) is 0 Å². The molecule has 0 bridgehead atoms. The van der Waals surface area contributed by atoms with Gasteiger partial charge in [0.15, 0.2) is 0 Å². The van der Waals surface area contributed by atoms with Gasteiger partial charge in [-0.2, -0.15) is 13.2 Å². The van der Waals surface area contributed by atoms with Crippen molar-refractivity contribution >= 4 is 11.7 Å². The summed E-state index contributed by atoms with van der Waals surface area (Å²) in [6.07, 6.45) is 2.97. The summed E-state index contributed by atoms with van der Waals surface area (Å²) in [5.41, 5.74) is -0.823. The van der Waals surface area contributed by atoms with E-state index in [1.807, 2.05) is 10.8 Å². The minimum Gasteiger partial charge on any atom is -0.368 e. The summed E-state index contributed by atoms with van der Waals surface area (Å²) in [5, 5.41) is 5.25. The van der Waals surface area contributed by atoms with Crippen LogP contribution in [0.1, 0.15) is 18.4 Å². The standard InChI is InChI=1S/C15H18F3N5O/c16-15(17,18)12-3-1-5-21-14(12)22-7-6-20-13(24)4-2-9-23-10-8-19-11-23/h1,3,5,8,10-11H,2,4,6-7,9H2,(H,20,24)(H,21,22). The third kappa shape index (κ3) is 5.56. The zero-order valence-electron chi connectivity index (χ0n) is 12.9. The number of anilines is 1. The van der Waals surface area contributed by atoms with Gasteiger partial charge in [-0.05, 0) is 18.6 Å². The van der Waals surface area contributed by atoms with Crippen molar-refractivity contribution in [2.24, 2.45) is 0 Å². The average molecular weight is 341 g/mol. The van der Waals surface area contributed by atoms with Gasteiger partial charge in [-0.1, -0.05) is 0 Å². The summed E-state index contributed by atoms with van der Waals surface area (Å²) < 4.78 is 40.2. The average Bonchev–Trinajstić information content (AvgIpc) is 3.04. The molecule has 9 heteroatoms. The lowest BCUT2D eigenvalue weighted by molar-refractivity contribution is -0.137. The molecule has 2 heterocycles. The highest BCUT2D eigenvalue weighted by Gasteiger charge is 2.33. The van der Waals surface area contributed by atoms with E-state index in [1.165, 1.54) is 12.3 Å². The number of hydrogen-bond donors (Lipinski definition) is 2. The lowest BCUT2D eigenvalue weighted by atomic mass is 10.2. The van der Waals surface area contributed by atoms with Crippen LogP contribution >= 0.6 is 0 Å². The maximum Gasteiger partial charge on any atom is 0.419 e. The molecule has 130 valence electrons. The summed E-state index contributed by atoms with van der Waals surface area (Å²) in [5.74, 6) is -0.381. The monoisotopic (exact) mass is 341 g/mol. The summed E-state index contributed by atoms with van der Waals surface area (Å²) in [7, 11) is 0. The molecule has 6 nitrogen and oxygen atoms in total. The number of imidazole rings is 1. The Kier molecular flexibility index (Phi) is 6.16. The molecule has 0 unspecified atom stereocenters. The van der Waals surface area contributed by atoms with Crippen molar-refractivity contribution in [2.45, 2.75) is 25.6 Å². The molecule has 0 radical (unpaired) electrons. The maximum atomic E-state index is 12.8. The minimum atomic E-state index is -4.47. The van der Waals surface area contributed by atoms with E-state index < -0.39 is 11.7 Å². The van der Waals surface area contributed by atoms with Crippen molar-refractivity contribution in [3.63, 3.8) is 0 Å². The predicted molar refractivity (Wildman–Crippen MR) is 82.2 cm³/mol. The molecule has 24 heavy (non-hydrogen) atoms. The Balaban J connectivity index is 1.67. The third-order valence-electron chi connectivity index (χ3n) is 3.23. The number of pyridine rings is 1. The summed E-state index contributed by atoms with van der Waals surface area (Å²) in [4.78, 5) is 19.2. The zero-order chi connectivity index (χ0) is 17.4. The van der Waals surface area contributed by atoms with E-state index in [1.54, 1.807) is 12.5 Å². The number of carbonyl (C=O) groups is 1. The Bertz CT molecular complexity index is 643. The molecular formula is C15H18F3N5O. The lowest BCUT2D eigenvalue weighted by Gasteiger charge is -2.13. The zero-order valence-corrected chi connectivity index (χ0v) is 12.9. The highest BCUT2D eigenvalue weighted by molar-refractivity contribution is 5.75. The molecule has 0 saturated carbocycles. The van der Waals surface area contributed by atoms with Crippen molar-refractivity contribution in [3.8, 4) is 0 Å². The fourth-order valence-electron chi connectivity index (χ4n) is 2.09. The van der Waals surface area contributed by atoms with E-state index in [0.717, 1.165) is 6.07 Å². The van der Waals surface area contributed by atoms with Crippen LogP contribution in [0.4, 0.5) is 19.0 Å². The fraction of sp³-hybridized carbons (Fsp3) is 0.400. The van der Waals surface area contributed by atoms with Crippen LogP contribution < -0.4 is 10.6 Å².